The Kier molecular flexibility index (Phi) is 5.24. The fourth-order valence-electron chi connectivity index (χ4n) is 3.88. The number of aromatic nitrogens is 1. The molecule has 2 aromatic heterocycles. The molecule has 0 aliphatic carbocycles. The van der Waals surface area contributed by atoms with Gasteiger partial charge in [-0.1, -0.05) is 43.3 Å². The van der Waals surface area contributed by atoms with Crippen LogP contribution in [0.1, 0.15) is 52.4 Å². The number of nitrogens with zero attached hydrogens (tertiary/aromatic N) is 2. The first-order chi connectivity index (χ1) is 14.0. The van der Waals surface area contributed by atoms with Crippen molar-refractivity contribution in [3.05, 3.63) is 69.6 Å². The molecule has 2 atom stereocenters. The van der Waals surface area contributed by atoms with Crippen LogP contribution in [0.25, 0.3) is 0 Å². The summed E-state index contributed by atoms with van der Waals surface area (Å²) in [4.78, 5) is 29.7. The molecule has 1 aliphatic heterocycles. The van der Waals surface area contributed by atoms with Crippen molar-refractivity contribution in [1.82, 2.24) is 10.1 Å². The SMILES string of the molecule is Cc1cc(NC(=O)C2c3ccccc3C(=O)N(CC(C)C)C2c2cccs2)no1. The maximum absolute atomic E-state index is 13.5. The van der Waals surface area contributed by atoms with Gasteiger partial charge in [-0.15, -0.1) is 11.3 Å². The van der Waals surface area contributed by atoms with Crippen molar-refractivity contribution >= 4 is 29.0 Å². The Morgan fingerprint density at radius 1 is 1.28 bits per heavy atom. The van der Waals surface area contributed by atoms with Gasteiger partial charge in [0.15, 0.2) is 5.82 Å². The molecule has 1 aromatic carbocycles. The summed E-state index contributed by atoms with van der Waals surface area (Å²) in [7, 11) is 0. The number of hydrogen-bond acceptors (Lipinski definition) is 5. The molecular formula is C22H23N3O3S. The maximum Gasteiger partial charge on any atom is 0.254 e. The highest BCUT2D eigenvalue weighted by atomic mass is 32.1. The molecule has 6 nitrogen and oxygen atoms in total. The van der Waals surface area contributed by atoms with Crippen LogP contribution in [0.2, 0.25) is 0 Å². The molecule has 7 heteroatoms. The van der Waals surface area contributed by atoms with Gasteiger partial charge in [-0.2, -0.15) is 0 Å². The molecule has 0 fully saturated rings. The number of fused-ring (bicyclic) bond motifs is 1. The lowest BCUT2D eigenvalue weighted by atomic mass is 9.81. The van der Waals surface area contributed by atoms with E-state index in [0.29, 0.717) is 23.7 Å². The first kappa shape index (κ1) is 19.4. The van der Waals surface area contributed by atoms with E-state index >= 15 is 0 Å². The van der Waals surface area contributed by atoms with E-state index in [9.17, 15) is 9.59 Å². The van der Waals surface area contributed by atoms with Crippen molar-refractivity contribution in [1.29, 1.82) is 0 Å². The first-order valence-electron chi connectivity index (χ1n) is 9.63. The van der Waals surface area contributed by atoms with Crippen molar-refractivity contribution in [3.8, 4) is 0 Å². The molecule has 0 radical (unpaired) electrons. The van der Waals surface area contributed by atoms with Crippen molar-refractivity contribution < 1.29 is 14.1 Å². The van der Waals surface area contributed by atoms with Gasteiger partial charge in [0.05, 0.1) is 12.0 Å². The van der Waals surface area contributed by atoms with Gasteiger partial charge in [0, 0.05) is 23.1 Å². The van der Waals surface area contributed by atoms with E-state index in [1.807, 2.05) is 40.6 Å². The lowest BCUT2D eigenvalue weighted by molar-refractivity contribution is -0.119. The number of hydrogen-bond donors (Lipinski definition) is 1. The summed E-state index contributed by atoms with van der Waals surface area (Å²) in [6, 6.07) is 12.6. The average Bonchev–Trinajstić information content (AvgIpc) is 3.35. The fraction of sp³-hybridized carbons (Fsp3) is 0.318. The molecular weight excluding hydrogens is 386 g/mol. The first-order valence-corrected chi connectivity index (χ1v) is 10.5. The third kappa shape index (κ3) is 3.70. The quantitative estimate of drug-likeness (QED) is 0.667. The number of nitrogens with one attached hydrogen (secondary N) is 1. The van der Waals surface area contributed by atoms with Crippen LogP contribution in [-0.2, 0) is 4.79 Å². The third-order valence-corrected chi connectivity index (χ3v) is 5.94. The van der Waals surface area contributed by atoms with E-state index in [0.717, 1.165) is 10.4 Å². The molecule has 29 heavy (non-hydrogen) atoms. The molecule has 0 bridgehead atoms. The Hall–Kier alpha value is -2.93. The second kappa shape index (κ2) is 7.83. The second-order valence-corrected chi connectivity index (χ2v) is 8.67. The van der Waals surface area contributed by atoms with Gasteiger partial charge >= 0.3 is 0 Å². The van der Waals surface area contributed by atoms with Crippen molar-refractivity contribution in [2.75, 3.05) is 11.9 Å². The van der Waals surface area contributed by atoms with E-state index in [4.69, 9.17) is 4.52 Å². The van der Waals surface area contributed by atoms with Gasteiger partial charge in [-0.25, -0.2) is 0 Å². The summed E-state index contributed by atoms with van der Waals surface area (Å²) in [6.45, 7) is 6.50. The number of thiophene rings is 1. The van der Waals surface area contributed by atoms with Crippen molar-refractivity contribution in [3.63, 3.8) is 0 Å². The Morgan fingerprint density at radius 3 is 2.72 bits per heavy atom. The molecule has 2 unspecified atom stereocenters. The number of aryl methyl sites for hydroxylation is 1. The summed E-state index contributed by atoms with van der Waals surface area (Å²) in [5.41, 5.74) is 1.33. The van der Waals surface area contributed by atoms with Crippen LogP contribution >= 0.6 is 11.3 Å². The smallest absolute Gasteiger partial charge is 0.254 e. The predicted molar refractivity (Wildman–Crippen MR) is 112 cm³/mol. The standard InChI is InChI=1S/C22H23N3O3S/c1-13(2)12-25-20(17-9-6-10-29-17)19(15-7-4-5-8-16(15)22(25)27)21(26)23-18-11-14(3)28-24-18/h4-11,13,19-20H,12H2,1-3H3,(H,23,24,26). The highest BCUT2D eigenvalue weighted by Gasteiger charge is 2.44. The van der Waals surface area contributed by atoms with Crippen LogP contribution in [0, 0.1) is 12.8 Å². The van der Waals surface area contributed by atoms with Crippen LogP contribution in [-0.4, -0.2) is 28.4 Å². The Morgan fingerprint density at radius 2 is 2.07 bits per heavy atom. The van der Waals surface area contributed by atoms with Crippen molar-refractivity contribution in [2.45, 2.75) is 32.7 Å². The lowest BCUT2D eigenvalue weighted by Gasteiger charge is -2.41. The average molecular weight is 410 g/mol. The van der Waals surface area contributed by atoms with Gasteiger partial charge in [-0.3, -0.25) is 9.59 Å². The number of carbonyl (C=O) groups is 2. The highest BCUT2D eigenvalue weighted by Crippen LogP contribution is 2.44. The minimum atomic E-state index is -0.543. The van der Waals surface area contributed by atoms with Gasteiger partial charge in [-0.05, 0) is 35.9 Å². The summed E-state index contributed by atoms with van der Waals surface area (Å²) in [5.74, 6) is 0.490. The molecule has 1 N–H and O–H groups in total. The minimum Gasteiger partial charge on any atom is -0.360 e. The summed E-state index contributed by atoms with van der Waals surface area (Å²) in [5, 5.41) is 8.74. The van der Waals surface area contributed by atoms with Gasteiger partial charge < -0.3 is 14.7 Å². The van der Waals surface area contributed by atoms with Crippen LogP contribution in [0.3, 0.4) is 0 Å². The predicted octanol–water partition coefficient (Wildman–Crippen LogP) is 4.62. The summed E-state index contributed by atoms with van der Waals surface area (Å²) >= 11 is 1.56. The number of anilines is 1. The van der Waals surface area contributed by atoms with Crippen LogP contribution in [0.5, 0.6) is 0 Å². The molecule has 150 valence electrons. The van der Waals surface area contributed by atoms with E-state index < -0.39 is 5.92 Å². The van der Waals surface area contributed by atoms with Crippen molar-refractivity contribution in [2.24, 2.45) is 5.92 Å². The van der Waals surface area contributed by atoms with Crippen LogP contribution in [0.4, 0.5) is 5.82 Å². The number of rotatable bonds is 5. The maximum atomic E-state index is 13.5. The largest absolute Gasteiger partial charge is 0.360 e. The zero-order valence-electron chi connectivity index (χ0n) is 16.6. The van der Waals surface area contributed by atoms with Crippen LogP contribution < -0.4 is 5.32 Å². The molecule has 3 aromatic rings. The molecule has 0 saturated heterocycles. The van der Waals surface area contributed by atoms with Crippen LogP contribution in [0.15, 0.2) is 52.4 Å². The summed E-state index contributed by atoms with van der Waals surface area (Å²) in [6.07, 6.45) is 0. The second-order valence-electron chi connectivity index (χ2n) is 7.69. The zero-order chi connectivity index (χ0) is 20.5. The molecule has 0 saturated carbocycles. The summed E-state index contributed by atoms with van der Waals surface area (Å²) < 4.78 is 5.08. The van der Waals surface area contributed by atoms with E-state index in [1.54, 1.807) is 30.4 Å². The number of amides is 2. The number of benzene rings is 1. The lowest BCUT2D eigenvalue weighted by Crippen LogP contribution is -2.47. The van der Waals surface area contributed by atoms with E-state index in [1.165, 1.54) is 0 Å². The molecule has 0 spiro atoms. The third-order valence-electron chi connectivity index (χ3n) is 5.00. The molecule has 3 heterocycles. The Bertz CT molecular complexity index is 1030. The van der Waals surface area contributed by atoms with Gasteiger partial charge in [0.1, 0.15) is 5.76 Å². The monoisotopic (exact) mass is 409 g/mol. The van der Waals surface area contributed by atoms with E-state index in [2.05, 4.69) is 24.3 Å². The number of carbonyl (C=O) groups excluding carboxylic acids is 2. The fourth-order valence-corrected chi connectivity index (χ4v) is 4.75. The topological polar surface area (TPSA) is 75.4 Å². The van der Waals surface area contributed by atoms with Gasteiger partial charge in [0.2, 0.25) is 5.91 Å². The normalized spacial score (nSPS) is 18.8. The molecule has 2 amide bonds. The Labute approximate surface area is 173 Å². The molecule has 4 rings (SSSR count). The zero-order valence-corrected chi connectivity index (χ0v) is 17.4. The Balaban J connectivity index is 1.82. The highest BCUT2D eigenvalue weighted by molar-refractivity contribution is 7.10. The van der Waals surface area contributed by atoms with E-state index in [-0.39, 0.29) is 23.8 Å². The minimum absolute atomic E-state index is 0.0333. The molecule has 1 aliphatic rings. The van der Waals surface area contributed by atoms with Gasteiger partial charge in [0.25, 0.3) is 5.91 Å².